The predicted octanol–water partition coefficient (Wildman–Crippen LogP) is 3.57. The molecule has 3 heterocycles. The molecule has 4 aromatic rings. The Morgan fingerprint density at radius 1 is 1.12 bits per heavy atom. The lowest BCUT2D eigenvalue weighted by molar-refractivity contribution is -0.113. The van der Waals surface area contributed by atoms with E-state index in [0.717, 1.165) is 16.8 Å². The van der Waals surface area contributed by atoms with Gasteiger partial charge in [-0.1, -0.05) is 17.8 Å². The van der Waals surface area contributed by atoms with Gasteiger partial charge in [0.25, 0.3) is 0 Å². The molecule has 0 atom stereocenters. The Bertz CT molecular complexity index is 1320. The Morgan fingerprint density at radius 3 is 2.88 bits per heavy atom. The molecule has 32 heavy (non-hydrogen) atoms. The number of methoxy groups -OCH3 is 1. The zero-order valence-electron chi connectivity index (χ0n) is 17.4. The van der Waals surface area contributed by atoms with Crippen LogP contribution in [0.25, 0.3) is 16.9 Å². The van der Waals surface area contributed by atoms with Gasteiger partial charge in [-0.3, -0.25) is 4.79 Å². The minimum absolute atomic E-state index is 0.147. The van der Waals surface area contributed by atoms with Gasteiger partial charge in [0.05, 0.1) is 24.2 Å². The van der Waals surface area contributed by atoms with Crippen LogP contribution >= 0.6 is 11.8 Å². The van der Waals surface area contributed by atoms with Crippen LogP contribution in [0.5, 0.6) is 17.2 Å². The van der Waals surface area contributed by atoms with Gasteiger partial charge in [-0.25, -0.2) is 0 Å². The molecule has 10 heteroatoms. The highest BCUT2D eigenvalue weighted by molar-refractivity contribution is 7.99. The number of hydrogen-bond acceptors (Lipinski definition) is 8. The molecule has 1 amide bonds. The second-order valence-corrected chi connectivity index (χ2v) is 8.02. The number of nitrogens with one attached hydrogen (secondary N) is 1. The predicted molar refractivity (Wildman–Crippen MR) is 119 cm³/mol. The first-order valence-electron chi connectivity index (χ1n) is 9.80. The quantitative estimate of drug-likeness (QED) is 0.446. The topological polar surface area (TPSA) is 99.9 Å². The first-order chi connectivity index (χ1) is 15.6. The third-order valence-electron chi connectivity index (χ3n) is 4.86. The highest BCUT2D eigenvalue weighted by atomic mass is 32.2. The smallest absolute Gasteiger partial charge is 0.234 e. The Kier molecular flexibility index (Phi) is 5.28. The fraction of sp³-hybridized carbons (Fsp3) is 0.182. The number of carbonyl (C=O) groups excluding carboxylic acids is 1. The average molecular weight is 449 g/mol. The number of ether oxygens (including phenoxy) is 3. The molecule has 1 aliphatic heterocycles. The third-order valence-corrected chi connectivity index (χ3v) is 5.78. The van der Waals surface area contributed by atoms with E-state index in [-0.39, 0.29) is 18.5 Å². The normalized spacial score (nSPS) is 12.2. The number of anilines is 1. The zero-order chi connectivity index (χ0) is 22.1. The van der Waals surface area contributed by atoms with E-state index in [2.05, 4.69) is 20.6 Å². The number of aryl methyl sites for hydroxylation is 1. The second-order valence-electron chi connectivity index (χ2n) is 7.08. The Hall–Kier alpha value is -3.79. The Labute approximate surface area is 187 Å². The van der Waals surface area contributed by atoms with Gasteiger partial charge < -0.3 is 19.5 Å². The minimum atomic E-state index is -0.178. The van der Waals surface area contributed by atoms with Crippen LogP contribution in [0.15, 0.2) is 53.7 Å². The number of thioether (sulfide) groups is 1. The van der Waals surface area contributed by atoms with Crippen LogP contribution in [0, 0.1) is 6.92 Å². The van der Waals surface area contributed by atoms with Crippen LogP contribution < -0.4 is 19.5 Å². The van der Waals surface area contributed by atoms with E-state index in [1.807, 2.05) is 55.5 Å². The van der Waals surface area contributed by atoms with Crippen LogP contribution in [0.2, 0.25) is 0 Å². The first-order valence-corrected chi connectivity index (χ1v) is 10.8. The van der Waals surface area contributed by atoms with E-state index >= 15 is 0 Å². The maximum Gasteiger partial charge on any atom is 0.234 e. The summed E-state index contributed by atoms with van der Waals surface area (Å²) in [5.74, 6) is 1.98. The molecular formula is C22H19N5O4S. The van der Waals surface area contributed by atoms with E-state index in [1.165, 1.54) is 11.8 Å². The molecular weight excluding hydrogens is 430 g/mol. The van der Waals surface area contributed by atoms with Crippen molar-refractivity contribution in [2.45, 2.75) is 12.1 Å². The third kappa shape index (κ3) is 3.92. The summed E-state index contributed by atoms with van der Waals surface area (Å²) < 4.78 is 17.8. The summed E-state index contributed by atoms with van der Waals surface area (Å²) in [4.78, 5) is 12.5. The largest absolute Gasteiger partial charge is 0.495 e. The van der Waals surface area contributed by atoms with E-state index in [4.69, 9.17) is 14.2 Å². The molecule has 0 saturated carbocycles. The highest BCUT2D eigenvalue weighted by Gasteiger charge is 2.16. The summed E-state index contributed by atoms with van der Waals surface area (Å²) in [6.07, 6.45) is 0. The van der Waals surface area contributed by atoms with Crippen molar-refractivity contribution in [2.24, 2.45) is 0 Å². The molecule has 2 aromatic carbocycles. The Balaban J connectivity index is 1.33. The van der Waals surface area contributed by atoms with Crippen molar-refractivity contribution in [3.05, 3.63) is 54.1 Å². The fourth-order valence-electron chi connectivity index (χ4n) is 3.30. The van der Waals surface area contributed by atoms with Gasteiger partial charge in [-0.2, -0.15) is 9.61 Å². The molecule has 162 valence electrons. The fourth-order valence-corrected chi connectivity index (χ4v) is 3.99. The van der Waals surface area contributed by atoms with E-state index in [0.29, 0.717) is 33.7 Å². The molecule has 9 nitrogen and oxygen atoms in total. The van der Waals surface area contributed by atoms with Crippen molar-refractivity contribution < 1.29 is 19.0 Å². The van der Waals surface area contributed by atoms with Gasteiger partial charge in [-0.15, -0.1) is 10.2 Å². The Morgan fingerprint density at radius 2 is 2.00 bits per heavy atom. The van der Waals surface area contributed by atoms with Gasteiger partial charge >= 0.3 is 0 Å². The number of hydrogen-bond donors (Lipinski definition) is 1. The molecule has 1 N–H and O–H groups in total. The number of amides is 1. The van der Waals surface area contributed by atoms with Crippen LogP contribution in [-0.4, -0.2) is 45.4 Å². The lowest BCUT2D eigenvalue weighted by Gasteiger charge is -2.10. The van der Waals surface area contributed by atoms with E-state index in [9.17, 15) is 4.79 Å². The average Bonchev–Trinajstić information content (AvgIpc) is 3.43. The maximum atomic E-state index is 12.5. The molecule has 0 unspecified atom stereocenters. The standard InChI is InChI=1S/C22H19N5O4S/c1-13-3-6-17(29-2)16(9-13)23-21(28)11-32-22-25-24-20-8-5-15(26-27(20)22)14-4-7-18-19(10-14)31-12-30-18/h3-10H,11-12H2,1-2H3,(H,23,28). The number of rotatable bonds is 6. The van der Waals surface area contributed by atoms with Crippen molar-refractivity contribution in [3.63, 3.8) is 0 Å². The second kappa shape index (κ2) is 8.39. The molecule has 5 rings (SSSR count). The van der Waals surface area contributed by atoms with Gasteiger partial charge in [0, 0.05) is 5.56 Å². The zero-order valence-corrected chi connectivity index (χ0v) is 18.2. The first kappa shape index (κ1) is 20.1. The van der Waals surface area contributed by atoms with Crippen LogP contribution in [0.1, 0.15) is 5.56 Å². The number of benzene rings is 2. The van der Waals surface area contributed by atoms with Crippen LogP contribution in [0.3, 0.4) is 0 Å². The molecule has 2 aromatic heterocycles. The number of fused-ring (bicyclic) bond motifs is 2. The van der Waals surface area contributed by atoms with Crippen molar-refractivity contribution >= 4 is 29.0 Å². The summed E-state index contributed by atoms with van der Waals surface area (Å²) in [5, 5.41) is 16.4. The minimum Gasteiger partial charge on any atom is -0.495 e. The van der Waals surface area contributed by atoms with Crippen molar-refractivity contribution in [1.29, 1.82) is 0 Å². The number of nitrogens with zero attached hydrogens (tertiary/aromatic N) is 4. The summed E-state index contributed by atoms with van der Waals surface area (Å²) in [7, 11) is 1.57. The maximum absolute atomic E-state index is 12.5. The lowest BCUT2D eigenvalue weighted by atomic mass is 10.1. The van der Waals surface area contributed by atoms with Gasteiger partial charge in [0.2, 0.25) is 17.9 Å². The van der Waals surface area contributed by atoms with Crippen molar-refractivity contribution in [2.75, 3.05) is 25.0 Å². The monoisotopic (exact) mass is 449 g/mol. The number of carbonyl (C=O) groups is 1. The highest BCUT2D eigenvalue weighted by Crippen LogP contribution is 2.35. The summed E-state index contributed by atoms with van der Waals surface area (Å²) >= 11 is 1.25. The molecule has 0 fully saturated rings. The van der Waals surface area contributed by atoms with Crippen molar-refractivity contribution in [1.82, 2.24) is 19.8 Å². The summed E-state index contributed by atoms with van der Waals surface area (Å²) in [6, 6.07) is 15.0. The number of aromatic nitrogens is 4. The summed E-state index contributed by atoms with van der Waals surface area (Å²) in [5.41, 5.74) is 3.86. The SMILES string of the molecule is COc1ccc(C)cc1NC(=O)CSc1nnc2ccc(-c3ccc4c(c3)OCO4)nn12. The van der Waals surface area contributed by atoms with E-state index < -0.39 is 0 Å². The molecule has 0 spiro atoms. The summed E-state index contributed by atoms with van der Waals surface area (Å²) in [6.45, 7) is 2.17. The molecule has 0 bridgehead atoms. The lowest BCUT2D eigenvalue weighted by Crippen LogP contribution is -2.15. The van der Waals surface area contributed by atoms with E-state index in [1.54, 1.807) is 11.6 Å². The van der Waals surface area contributed by atoms with Gasteiger partial charge in [0.1, 0.15) is 5.75 Å². The molecule has 0 radical (unpaired) electrons. The van der Waals surface area contributed by atoms with Crippen LogP contribution in [-0.2, 0) is 4.79 Å². The van der Waals surface area contributed by atoms with Crippen LogP contribution in [0.4, 0.5) is 5.69 Å². The molecule has 0 aliphatic carbocycles. The van der Waals surface area contributed by atoms with Gasteiger partial charge in [0.15, 0.2) is 17.1 Å². The molecule has 0 saturated heterocycles. The van der Waals surface area contributed by atoms with Gasteiger partial charge in [-0.05, 0) is 55.0 Å². The molecule has 1 aliphatic rings. The van der Waals surface area contributed by atoms with Crippen molar-refractivity contribution in [3.8, 4) is 28.5 Å².